The van der Waals surface area contributed by atoms with Gasteiger partial charge in [-0.3, -0.25) is 4.79 Å². The van der Waals surface area contributed by atoms with Crippen molar-refractivity contribution in [1.82, 2.24) is 9.88 Å². The number of hydrogen-bond donors (Lipinski definition) is 1. The van der Waals surface area contributed by atoms with E-state index in [0.29, 0.717) is 0 Å². The second-order valence-corrected chi connectivity index (χ2v) is 5.22. The molecule has 0 aliphatic rings. The lowest BCUT2D eigenvalue weighted by Crippen LogP contribution is -2.30. The molecule has 1 aromatic carbocycles. The van der Waals surface area contributed by atoms with Gasteiger partial charge in [-0.2, -0.15) is 0 Å². The van der Waals surface area contributed by atoms with Gasteiger partial charge in [-0.1, -0.05) is 0 Å². The van der Waals surface area contributed by atoms with E-state index in [1.165, 1.54) is 17.3 Å². The Morgan fingerprint density at radius 1 is 1.45 bits per heavy atom. The van der Waals surface area contributed by atoms with Crippen LogP contribution < -0.4 is 5.73 Å². The number of benzene rings is 1. The van der Waals surface area contributed by atoms with Crippen molar-refractivity contribution in [3.8, 4) is 0 Å². The molecule has 0 fully saturated rings. The molecule has 0 radical (unpaired) electrons. The quantitative estimate of drug-likeness (QED) is 0.947. The van der Waals surface area contributed by atoms with Crippen molar-refractivity contribution in [2.24, 2.45) is 0 Å². The number of nitrogens with zero attached hydrogens (tertiary/aromatic N) is 2. The van der Waals surface area contributed by atoms with Gasteiger partial charge in [0, 0.05) is 18.0 Å². The average molecular weight is 297 g/mol. The highest BCUT2D eigenvalue weighted by atomic mass is 32.1. The van der Waals surface area contributed by atoms with E-state index >= 15 is 0 Å². The van der Waals surface area contributed by atoms with Crippen molar-refractivity contribution >= 4 is 22.4 Å². The lowest BCUT2D eigenvalue weighted by Gasteiger charge is -2.25. The molecular formula is C13H13F2N3OS. The maximum atomic E-state index is 13.7. The molecule has 7 heteroatoms. The Labute approximate surface area is 118 Å². The highest BCUT2D eigenvalue weighted by Crippen LogP contribution is 2.24. The van der Waals surface area contributed by atoms with Gasteiger partial charge in [0.2, 0.25) is 0 Å². The third-order valence-electron chi connectivity index (χ3n) is 3.05. The van der Waals surface area contributed by atoms with Crippen LogP contribution in [0.4, 0.5) is 13.9 Å². The van der Waals surface area contributed by atoms with Crippen LogP contribution in [0.5, 0.6) is 0 Å². The normalized spacial score (nSPS) is 12.2. The minimum atomic E-state index is -0.624. The third kappa shape index (κ3) is 2.77. The summed E-state index contributed by atoms with van der Waals surface area (Å²) in [4.78, 5) is 17.4. The molecule has 0 saturated carbocycles. The first kappa shape index (κ1) is 14.4. The first-order valence-corrected chi connectivity index (χ1v) is 6.71. The summed E-state index contributed by atoms with van der Waals surface area (Å²) in [6.45, 7) is 1.62. The fraction of sp³-hybridized carbons (Fsp3) is 0.231. The van der Waals surface area contributed by atoms with Gasteiger partial charge < -0.3 is 10.6 Å². The largest absolute Gasteiger partial charge is 0.375 e. The molecule has 0 aliphatic heterocycles. The van der Waals surface area contributed by atoms with Crippen molar-refractivity contribution in [2.75, 3.05) is 12.8 Å². The van der Waals surface area contributed by atoms with Crippen molar-refractivity contribution in [3.05, 3.63) is 46.5 Å². The number of anilines is 1. The number of aromatic nitrogens is 1. The molecule has 1 unspecified atom stereocenters. The number of carbonyl (C=O) groups excluding carboxylic acids is 1. The van der Waals surface area contributed by atoms with E-state index in [-0.39, 0.29) is 16.4 Å². The summed E-state index contributed by atoms with van der Waals surface area (Å²) in [5.74, 6) is -1.50. The molecule has 106 valence electrons. The predicted octanol–water partition coefficient (Wildman–Crippen LogP) is 2.84. The Morgan fingerprint density at radius 2 is 2.15 bits per heavy atom. The van der Waals surface area contributed by atoms with E-state index in [9.17, 15) is 13.6 Å². The van der Waals surface area contributed by atoms with E-state index in [1.807, 2.05) is 0 Å². The second-order valence-electron chi connectivity index (χ2n) is 4.33. The number of carbonyl (C=O) groups is 1. The second kappa shape index (κ2) is 5.54. The average Bonchev–Trinajstić information content (AvgIpc) is 2.85. The zero-order chi connectivity index (χ0) is 14.9. The van der Waals surface area contributed by atoms with Crippen LogP contribution in [-0.2, 0) is 0 Å². The molecule has 0 bridgehead atoms. The van der Waals surface area contributed by atoms with Crippen molar-refractivity contribution in [1.29, 1.82) is 0 Å². The first-order chi connectivity index (χ1) is 9.40. The van der Waals surface area contributed by atoms with Crippen molar-refractivity contribution in [2.45, 2.75) is 13.0 Å². The molecule has 0 spiro atoms. The van der Waals surface area contributed by atoms with E-state index < -0.39 is 23.6 Å². The summed E-state index contributed by atoms with van der Waals surface area (Å²) < 4.78 is 26.9. The molecule has 1 aromatic heterocycles. The molecule has 1 heterocycles. The van der Waals surface area contributed by atoms with Crippen LogP contribution in [-0.4, -0.2) is 22.8 Å². The predicted molar refractivity (Wildman–Crippen MR) is 73.4 cm³/mol. The molecule has 2 aromatic rings. The van der Waals surface area contributed by atoms with Gasteiger partial charge in [-0.25, -0.2) is 13.8 Å². The highest BCUT2D eigenvalue weighted by molar-refractivity contribution is 7.13. The Balaban J connectivity index is 2.26. The molecular weight excluding hydrogens is 284 g/mol. The standard InChI is InChI=1S/C13H13F2N3OS/c1-7(9-5-8(14)3-4-10(9)15)18(2)12(19)11-6-20-13(16)17-11/h3-7H,1-2H3,(H2,16,17). The Kier molecular flexibility index (Phi) is 3.99. The summed E-state index contributed by atoms with van der Waals surface area (Å²) in [7, 11) is 1.51. The van der Waals surface area contributed by atoms with Gasteiger partial charge in [0.15, 0.2) is 5.13 Å². The smallest absolute Gasteiger partial charge is 0.273 e. The maximum absolute atomic E-state index is 13.7. The lowest BCUT2D eigenvalue weighted by molar-refractivity contribution is 0.0735. The van der Waals surface area contributed by atoms with Crippen LogP contribution >= 0.6 is 11.3 Å². The van der Waals surface area contributed by atoms with Crippen LogP contribution in [0, 0.1) is 11.6 Å². The highest BCUT2D eigenvalue weighted by Gasteiger charge is 2.23. The lowest BCUT2D eigenvalue weighted by atomic mass is 10.1. The number of rotatable bonds is 3. The van der Waals surface area contributed by atoms with Gasteiger partial charge in [0.1, 0.15) is 17.3 Å². The molecule has 4 nitrogen and oxygen atoms in total. The summed E-state index contributed by atoms with van der Waals surface area (Å²) in [5, 5.41) is 1.81. The number of nitrogen functional groups attached to an aromatic ring is 1. The van der Waals surface area contributed by atoms with Crippen LogP contribution in [0.3, 0.4) is 0 Å². The van der Waals surface area contributed by atoms with E-state index in [1.54, 1.807) is 6.92 Å². The van der Waals surface area contributed by atoms with Crippen molar-refractivity contribution < 1.29 is 13.6 Å². The van der Waals surface area contributed by atoms with E-state index in [4.69, 9.17) is 5.73 Å². The summed E-state index contributed by atoms with van der Waals surface area (Å²) in [6.07, 6.45) is 0. The van der Waals surface area contributed by atoms with Gasteiger partial charge >= 0.3 is 0 Å². The van der Waals surface area contributed by atoms with E-state index in [2.05, 4.69) is 4.98 Å². The third-order valence-corrected chi connectivity index (χ3v) is 3.72. The minimum Gasteiger partial charge on any atom is -0.375 e. The van der Waals surface area contributed by atoms with Gasteiger partial charge in [0.25, 0.3) is 5.91 Å². The summed E-state index contributed by atoms with van der Waals surface area (Å²) in [5.41, 5.74) is 5.78. The zero-order valence-electron chi connectivity index (χ0n) is 10.9. The number of thiazole rings is 1. The number of halogens is 2. The van der Waals surface area contributed by atoms with Crippen LogP contribution in [0.15, 0.2) is 23.6 Å². The SMILES string of the molecule is CC(c1cc(F)ccc1F)N(C)C(=O)c1csc(N)n1. The molecule has 20 heavy (non-hydrogen) atoms. The number of hydrogen-bond acceptors (Lipinski definition) is 4. The fourth-order valence-electron chi connectivity index (χ4n) is 1.79. The Morgan fingerprint density at radius 3 is 2.75 bits per heavy atom. The molecule has 1 amide bonds. The summed E-state index contributed by atoms with van der Waals surface area (Å²) >= 11 is 1.15. The maximum Gasteiger partial charge on any atom is 0.273 e. The molecule has 0 saturated heterocycles. The van der Waals surface area contributed by atoms with Gasteiger partial charge in [-0.15, -0.1) is 11.3 Å². The van der Waals surface area contributed by atoms with E-state index in [0.717, 1.165) is 29.5 Å². The molecule has 1 atom stereocenters. The van der Waals surface area contributed by atoms with Gasteiger partial charge in [0.05, 0.1) is 6.04 Å². The molecule has 0 aliphatic carbocycles. The number of amides is 1. The zero-order valence-corrected chi connectivity index (χ0v) is 11.7. The molecule has 2 N–H and O–H groups in total. The van der Waals surface area contributed by atoms with Gasteiger partial charge in [-0.05, 0) is 25.1 Å². The van der Waals surface area contributed by atoms with Crippen LogP contribution in [0.1, 0.15) is 29.0 Å². The Hall–Kier alpha value is -2.02. The first-order valence-electron chi connectivity index (χ1n) is 5.83. The van der Waals surface area contributed by atoms with Crippen LogP contribution in [0.2, 0.25) is 0 Å². The Bertz CT molecular complexity index is 644. The monoisotopic (exact) mass is 297 g/mol. The fourth-order valence-corrected chi connectivity index (χ4v) is 2.32. The summed E-state index contributed by atoms with van der Waals surface area (Å²) in [6, 6.07) is 2.54. The topological polar surface area (TPSA) is 59.2 Å². The number of nitrogens with two attached hydrogens (primary N) is 1. The minimum absolute atomic E-state index is 0.115. The van der Waals surface area contributed by atoms with Crippen LogP contribution in [0.25, 0.3) is 0 Å². The molecule has 2 rings (SSSR count). The van der Waals surface area contributed by atoms with Crippen molar-refractivity contribution in [3.63, 3.8) is 0 Å².